The van der Waals surface area contributed by atoms with E-state index in [1.807, 2.05) is 4.72 Å². The van der Waals surface area contributed by atoms with Crippen LogP contribution < -0.4 is 10.5 Å². The molecule has 5 rings (SSSR count). The van der Waals surface area contributed by atoms with Crippen LogP contribution >= 0.6 is 11.6 Å². The van der Waals surface area contributed by atoms with Crippen LogP contribution in [0.25, 0.3) is 11.1 Å². The molecule has 4 amide bonds. The number of methoxy groups -OCH3 is 1. The van der Waals surface area contributed by atoms with E-state index in [2.05, 4.69) is 4.98 Å². The van der Waals surface area contributed by atoms with Gasteiger partial charge in [-0.15, -0.1) is 0 Å². The van der Waals surface area contributed by atoms with Crippen molar-refractivity contribution in [2.24, 2.45) is 17.6 Å². The van der Waals surface area contributed by atoms with Gasteiger partial charge in [0.05, 0.1) is 35.7 Å². The highest BCUT2D eigenvalue weighted by Crippen LogP contribution is 2.30. The minimum absolute atomic E-state index is 0.127. The molecule has 0 aliphatic carbocycles. The van der Waals surface area contributed by atoms with Gasteiger partial charge in [0.1, 0.15) is 5.52 Å². The van der Waals surface area contributed by atoms with E-state index in [0.29, 0.717) is 21.9 Å². The van der Waals surface area contributed by atoms with Crippen molar-refractivity contribution in [3.8, 4) is 0 Å². The molecule has 3 aromatic carbocycles. The molecule has 0 spiro atoms. The summed E-state index contributed by atoms with van der Waals surface area (Å²) in [5.74, 6) is -6.10. The predicted octanol–water partition coefficient (Wildman–Crippen LogP) is 4.24. The number of ether oxygens (including phenoxy) is 1. The third-order valence-electron chi connectivity index (χ3n) is 9.25. The number of halogens is 1. The van der Waals surface area contributed by atoms with E-state index >= 15 is 0 Å². The number of esters is 1. The van der Waals surface area contributed by atoms with Crippen molar-refractivity contribution in [1.82, 2.24) is 19.5 Å². The van der Waals surface area contributed by atoms with Crippen molar-refractivity contribution in [3.05, 3.63) is 94.3 Å². The van der Waals surface area contributed by atoms with Crippen LogP contribution in [0.15, 0.2) is 76.0 Å². The molecule has 0 radical (unpaired) electrons. The van der Waals surface area contributed by atoms with Crippen LogP contribution in [-0.4, -0.2) is 90.4 Å². The van der Waals surface area contributed by atoms with Gasteiger partial charge in [-0.1, -0.05) is 39.3 Å². The normalized spacial score (nSPS) is 15.8. The third kappa shape index (κ3) is 8.67. The van der Waals surface area contributed by atoms with Gasteiger partial charge < -0.3 is 14.9 Å². The number of carbonyl (C=O) groups excluding carboxylic acids is 6. The first-order valence-electron chi connectivity index (χ1n) is 17.3. The molecule has 55 heavy (non-hydrogen) atoms. The number of Topliss-reactive ketones (excluding diaryl/α,β-unsaturated/α-hetero) is 1. The highest BCUT2D eigenvalue weighted by Gasteiger charge is 2.46. The molecule has 0 saturated carbocycles. The zero-order valence-electron chi connectivity index (χ0n) is 30.6. The van der Waals surface area contributed by atoms with Crippen LogP contribution in [0.1, 0.15) is 82.3 Å². The second kappa shape index (κ2) is 16.6. The SMILES string of the molecule is COC(=O)c1ccc2nc(C(=O)[C@H](C(C)C)N3CCC[C@H]3C(=O)N(C(=O)c3ccc(C(=O)NS(=O)(=O)c4ccc(Cl)cc4)cc3)C(=O)[C@@H](N)C(C)C)oc2c1. The molecule has 290 valence electrons. The fourth-order valence-electron chi connectivity index (χ4n) is 6.26. The highest BCUT2D eigenvalue weighted by atomic mass is 35.5. The molecule has 1 saturated heterocycles. The maximum Gasteiger partial charge on any atom is 0.337 e. The van der Waals surface area contributed by atoms with E-state index in [1.165, 1.54) is 73.8 Å². The minimum atomic E-state index is -4.26. The summed E-state index contributed by atoms with van der Waals surface area (Å²) in [7, 11) is -3.03. The first-order chi connectivity index (χ1) is 25.9. The fourth-order valence-corrected chi connectivity index (χ4v) is 7.36. The average molecular weight is 794 g/mol. The fraction of sp³-hybridized carbons (Fsp3) is 0.342. The number of hydrogen-bond acceptors (Lipinski definition) is 13. The lowest BCUT2D eigenvalue weighted by molar-refractivity contribution is -0.145. The first kappa shape index (κ1) is 40.9. The van der Waals surface area contributed by atoms with Gasteiger partial charge in [-0.25, -0.2) is 27.8 Å². The van der Waals surface area contributed by atoms with Crippen molar-refractivity contribution in [1.29, 1.82) is 0 Å². The third-order valence-corrected chi connectivity index (χ3v) is 10.8. The Bertz CT molecular complexity index is 2250. The van der Waals surface area contributed by atoms with E-state index < -0.39 is 69.4 Å². The number of benzene rings is 3. The monoisotopic (exact) mass is 793 g/mol. The molecule has 0 unspecified atom stereocenters. The summed E-state index contributed by atoms with van der Waals surface area (Å²) in [6.07, 6.45) is 0.665. The largest absolute Gasteiger partial charge is 0.465 e. The Morgan fingerprint density at radius 2 is 1.55 bits per heavy atom. The number of ketones is 1. The van der Waals surface area contributed by atoms with Gasteiger partial charge in [-0.05, 0) is 98.0 Å². The zero-order valence-corrected chi connectivity index (χ0v) is 32.2. The molecular formula is C38H40ClN5O10S. The van der Waals surface area contributed by atoms with Crippen LogP contribution in [0, 0.1) is 11.8 Å². The second-order valence-electron chi connectivity index (χ2n) is 13.7. The molecule has 1 aromatic heterocycles. The highest BCUT2D eigenvalue weighted by molar-refractivity contribution is 7.90. The molecular weight excluding hydrogens is 754 g/mol. The van der Waals surface area contributed by atoms with Gasteiger partial charge in [0.15, 0.2) is 5.58 Å². The Morgan fingerprint density at radius 1 is 0.927 bits per heavy atom. The van der Waals surface area contributed by atoms with Crippen molar-refractivity contribution >= 4 is 68.1 Å². The summed E-state index contributed by atoms with van der Waals surface area (Å²) >= 11 is 5.84. The lowest BCUT2D eigenvalue weighted by Crippen LogP contribution is -2.58. The molecule has 3 atom stereocenters. The Balaban J connectivity index is 1.42. The number of hydrogen-bond donors (Lipinski definition) is 2. The Morgan fingerprint density at radius 3 is 2.15 bits per heavy atom. The Hall–Kier alpha value is -5.29. The summed E-state index contributed by atoms with van der Waals surface area (Å²) in [5.41, 5.74) is 6.62. The van der Waals surface area contributed by atoms with E-state index in [1.54, 1.807) is 32.6 Å². The lowest BCUT2D eigenvalue weighted by Gasteiger charge is -2.35. The quantitative estimate of drug-likeness (QED) is 0.117. The maximum absolute atomic E-state index is 14.4. The van der Waals surface area contributed by atoms with Crippen LogP contribution in [0.2, 0.25) is 5.02 Å². The first-order valence-corrected chi connectivity index (χ1v) is 19.2. The molecule has 1 fully saturated rings. The predicted molar refractivity (Wildman–Crippen MR) is 200 cm³/mol. The number of rotatable bonds is 12. The topological polar surface area (TPSA) is 216 Å². The Kier molecular flexibility index (Phi) is 12.3. The van der Waals surface area contributed by atoms with E-state index in [-0.39, 0.29) is 51.9 Å². The number of oxazole rings is 1. The van der Waals surface area contributed by atoms with Crippen molar-refractivity contribution in [2.75, 3.05) is 13.7 Å². The molecule has 15 nitrogen and oxygen atoms in total. The summed E-state index contributed by atoms with van der Waals surface area (Å²) < 4.78 is 38.0. The lowest BCUT2D eigenvalue weighted by atomic mass is 9.96. The molecule has 1 aliphatic rings. The molecule has 4 aromatic rings. The van der Waals surface area contributed by atoms with Crippen molar-refractivity contribution in [3.63, 3.8) is 0 Å². The van der Waals surface area contributed by atoms with Gasteiger partial charge in [-0.3, -0.25) is 28.9 Å². The minimum Gasteiger partial charge on any atom is -0.465 e. The van der Waals surface area contributed by atoms with Crippen molar-refractivity contribution in [2.45, 2.75) is 63.6 Å². The number of fused-ring (bicyclic) bond motifs is 1. The number of nitrogens with one attached hydrogen (secondary N) is 1. The molecule has 2 heterocycles. The number of carbonyl (C=O) groups is 6. The average Bonchev–Trinajstić information content (AvgIpc) is 3.81. The number of likely N-dealkylation sites (tertiary alicyclic amines) is 1. The standard InChI is InChI=1S/C38H40ClN5O10S/c1-20(2)30(40)37(49)44(35(47)23-10-8-22(9-11-23)33(46)42-55(51,52)26-15-13-25(39)14-16-26)36(48)28-7-6-18-43(28)31(21(3)4)32(45)34-41-27-17-12-24(38(50)53-5)19-29(27)54-34/h8-17,19-21,28,30-31H,6-7,18,40H2,1-5H3,(H,42,46)/t28-,30-,31-/m0/s1. The van der Waals surface area contributed by atoms with E-state index in [9.17, 15) is 37.2 Å². The number of aromatic nitrogens is 1. The second-order valence-corrected chi connectivity index (χ2v) is 15.8. The van der Waals surface area contributed by atoms with Gasteiger partial charge >= 0.3 is 5.97 Å². The summed E-state index contributed by atoms with van der Waals surface area (Å²) in [4.78, 5) is 87.6. The van der Waals surface area contributed by atoms with Crippen LogP contribution in [-0.2, 0) is 24.3 Å². The number of amides is 4. The number of imide groups is 3. The van der Waals surface area contributed by atoms with Crippen molar-refractivity contribution < 1.29 is 46.3 Å². The van der Waals surface area contributed by atoms with E-state index in [4.69, 9.17) is 26.5 Å². The smallest absolute Gasteiger partial charge is 0.337 e. The summed E-state index contributed by atoms with van der Waals surface area (Å²) in [6, 6.07) is 11.0. The number of sulfonamides is 1. The zero-order chi connectivity index (χ0) is 40.4. The Labute approximate surface area is 322 Å². The van der Waals surface area contributed by atoms with Gasteiger partial charge in [-0.2, -0.15) is 0 Å². The van der Waals surface area contributed by atoms with E-state index in [0.717, 1.165) is 0 Å². The molecule has 17 heteroatoms. The number of nitrogens with zero attached hydrogens (tertiary/aromatic N) is 3. The number of nitrogens with two attached hydrogens (primary N) is 1. The van der Waals surface area contributed by atoms with Gasteiger partial charge in [0.25, 0.3) is 39.5 Å². The maximum atomic E-state index is 14.4. The van der Waals surface area contributed by atoms with Crippen LogP contribution in [0.4, 0.5) is 0 Å². The molecule has 1 aliphatic heterocycles. The van der Waals surface area contributed by atoms with Gasteiger partial charge in [0, 0.05) is 16.1 Å². The molecule has 3 N–H and O–H groups in total. The van der Waals surface area contributed by atoms with Crippen LogP contribution in [0.5, 0.6) is 0 Å². The summed E-state index contributed by atoms with van der Waals surface area (Å²) in [6.45, 7) is 7.14. The molecule has 0 bridgehead atoms. The summed E-state index contributed by atoms with van der Waals surface area (Å²) in [5, 5.41) is 0.303. The van der Waals surface area contributed by atoms with Gasteiger partial charge in [0.2, 0.25) is 5.78 Å². The van der Waals surface area contributed by atoms with Crippen LogP contribution in [0.3, 0.4) is 0 Å².